The van der Waals surface area contributed by atoms with Gasteiger partial charge >= 0.3 is 0 Å². The first-order valence-corrected chi connectivity index (χ1v) is 4.80. The van der Waals surface area contributed by atoms with Gasteiger partial charge in [0.25, 0.3) is 0 Å². The summed E-state index contributed by atoms with van der Waals surface area (Å²) in [6.07, 6.45) is 5.85. The highest BCUT2D eigenvalue weighted by atomic mass is 19.1. The maximum atomic E-state index is 13.4. The van der Waals surface area contributed by atoms with E-state index in [0.717, 1.165) is 5.57 Å². The molecule has 0 atom stereocenters. The third kappa shape index (κ3) is 2.56. The Morgan fingerprint density at radius 1 is 1.19 bits per heavy atom. The molecular weight excluding hydrogens is 203 g/mol. The van der Waals surface area contributed by atoms with Crippen LogP contribution in [0.4, 0.5) is 4.39 Å². The molecule has 0 saturated carbocycles. The van der Waals surface area contributed by atoms with Crippen LogP contribution >= 0.6 is 0 Å². The second kappa shape index (κ2) is 4.60. The lowest BCUT2D eigenvalue weighted by Crippen LogP contribution is -2.47. The smallest absolute Gasteiger partial charge is 0.131 e. The highest BCUT2D eigenvalue weighted by Gasteiger charge is 2.18. The van der Waals surface area contributed by atoms with Crippen molar-refractivity contribution in [1.82, 2.24) is 0 Å². The number of rotatable bonds is 1. The lowest BCUT2D eigenvalue weighted by atomic mass is 9.94. The first-order valence-electron chi connectivity index (χ1n) is 4.80. The van der Waals surface area contributed by atoms with E-state index in [1.54, 1.807) is 30.4 Å². The minimum absolute atomic E-state index is 0. The van der Waals surface area contributed by atoms with Gasteiger partial charge in [-0.2, -0.15) is 0 Å². The van der Waals surface area contributed by atoms with Crippen molar-refractivity contribution in [2.45, 2.75) is 19.5 Å². The van der Waals surface area contributed by atoms with Crippen molar-refractivity contribution in [1.29, 1.82) is 0 Å². The summed E-state index contributed by atoms with van der Waals surface area (Å²) in [5.74, 6) is -0.227. The SMILES string of the molecule is C.NC1(N)C=CC(c2ccccc2F)=CC1. The number of allylic oxidation sites excluding steroid dienone is 2. The summed E-state index contributed by atoms with van der Waals surface area (Å²) in [6, 6.07) is 6.66. The normalized spacial score (nSPS) is 17.6. The van der Waals surface area contributed by atoms with E-state index < -0.39 is 5.66 Å². The van der Waals surface area contributed by atoms with Crippen LogP contribution in [-0.2, 0) is 0 Å². The molecule has 0 saturated heterocycles. The Bertz CT molecular complexity index is 433. The van der Waals surface area contributed by atoms with Gasteiger partial charge in [0, 0.05) is 12.0 Å². The van der Waals surface area contributed by atoms with E-state index in [2.05, 4.69) is 0 Å². The van der Waals surface area contributed by atoms with Crippen LogP contribution in [0.15, 0.2) is 42.5 Å². The van der Waals surface area contributed by atoms with Crippen molar-refractivity contribution < 1.29 is 4.39 Å². The summed E-state index contributed by atoms with van der Waals surface area (Å²) in [6.45, 7) is 0. The molecule has 3 heteroatoms. The number of benzene rings is 1. The Balaban J connectivity index is 0.00000128. The van der Waals surface area contributed by atoms with E-state index >= 15 is 0 Å². The van der Waals surface area contributed by atoms with Crippen molar-refractivity contribution in [2.24, 2.45) is 11.5 Å². The maximum Gasteiger partial charge on any atom is 0.131 e. The van der Waals surface area contributed by atoms with E-state index in [4.69, 9.17) is 11.5 Å². The number of hydrogen-bond donors (Lipinski definition) is 2. The van der Waals surface area contributed by atoms with Crippen LogP contribution in [0.25, 0.3) is 5.57 Å². The van der Waals surface area contributed by atoms with Crippen LogP contribution in [0.1, 0.15) is 19.4 Å². The summed E-state index contributed by atoms with van der Waals surface area (Å²) in [7, 11) is 0. The molecular formula is C13H17FN2. The zero-order valence-electron chi connectivity index (χ0n) is 8.28. The van der Waals surface area contributed by atoms with Gasteiger partial charge in [-0.3, -0.25) is 0 Å². The zero-order chi connectivity index (χ0) is 10.9. The zero-order valence-corrected chi connectivity index (χ0v) is 8.28. The molecule has 1 aromatic rings. The molecule has 1 aliphatic rings. The average Bonchev–Trinajstić information content (AvgIpc) is 2.19. The lowest BCUT2D eigenvalue weighted by Gasteiger charge is -2.22. The third-order valence-corrected chi connectivity index (χ3v) is 2.43. The van der Waals surface area contributed by atoms with Crippen molar-refractivity contribution in [3.05, 3.63) is 53.9 Å². The predicted octanol–water partition coefficient (Wildman–Crippen LogP) is 2.42. The van der Waals surface area contributed by atoms with Gasteiger partial charge in [0.05, 0.1) is 5.66 Å². The molecule has 1 aliphatic carbocycles. The molecule has 2 nitrogen and oxygen atoms in total. The number of nitrogens with two attached hydrogens (primary N) is 2. The molecule has 0 spiro atoms. The van der Waals surface area contributed by atoms with Crippen molar-refractivity contribution in [2.75, 3.05) is 0 Å². The van der Waals surface area contributed by atoms with Gasteiger partial charge in [-0.05, 0) is 17.7 Å². The fourth-order valence-electron chi connectivity index (χ4n) is 1.56. The highest BCUT2D eigenvalue weighted by molar-refractivity contribution is 5.75. The van der Waals surface area contributed by atoms with Crippen molar-refractivity contribution in [3.63, 3.8) is 0 Å². The standard InChI is InChI=1S/C12H13FN2.CH4/c13-11-4-2-1-3-10(11)9-5-7-12(14,15)8-6-9;/h1-7H,8,14-15H2;1H4. The van der Waals surface area contributed by atoms with Gasteiger partial charge in [0.2, 0.25) is 0 Å². The largest absolute Gasteiger partial charge is 0.310 e. The highest BCUT2D eigenvalue weighted by Crippen LogP contribution is 2.24. The Morgan fingerprint density at radius 3 is 2.44 bits per heavy atom. The van der Waals surface area contributed by atoms with E-state index in [9.17, 15) is 4.39 Å². The monoisotopic (exact) mass is 220 g/mol. The molecule has 0 amide bonds. The van der Waals surface area contributed by atoms with Crippen molar-refractivity contribution in [3.8, 4) is 0 Å². The lowest BCUT2D eigenvalue weighted by molar-refractivity contribution is 0.558. The van der Waals surface area contributed by atoms with E-state index in [-0.39, 0.29) is 13.2 Å². The summed E-state index contributed by atoms with van der Waals surface area (Å²) in [4.78, 5) is 0. The van der Waals surface area contributed by atoms with Gasteiger partial charge < -0.3 is 11.5 Å². The summed E-state index contributed by atoms with van der Waals surface area (Å²) in [5, 5.41) is 0. The Labute approximate surface area is 95.5 Å². The van der Waals surface area contributed by atoms with Gasteiger partial charge in [-0.1, -0.05) is 37.8 Å². The molecule has 86 valence electrons. The third-order valence-electron chi connectivity index (χ3n) is 2.43. The topological polar surface area (TPSA) is 52.0 Å². The molecule has 4 N–H and O–H groups in total. The number of hydrogen-bond acceptors (Lipinski definition) is 2. The first kappa shape index (κ1) is 12.6. The minimum atomic E-state index is -0.797. The molecule has 0 radical (unpaired) electrons. The van der Waals surface area contributed by atoms with Gasteiger partial charge in [0.15, 0.2) is 0 Å². The Hall–Kier alpha value is -1.45. The average molecular weight is 220 g/mol. The maximum absolute atomic E-state index is 13.4. The molecule has 16 heavy (non-hydrogen) atoms. The second-order valence-corrected chi connectivity index (χ2v) is 3.79. The minimum Gasteiger partial charge on any atom is -0.310 e. The first-order chi connectivity index (χ1) is 7.08. The molecule has 1 aromatic carbocycles. The molecule has 0 aliphatic heterocycles. The predicted molar refractivity (Wildman–Crippen MR) is 66.0 cm³/mol. The molecule has 0 fully saturated rings. The van der Waals surface area contributed by atoms with Gasteiger partial charge in [0.1, 0.15) is 5.82 Å². The molecule has 0 aromatic heterocycles. The second-order valence-electron chi connectivity index (χ2n) is 3.79. The summed E-state index contributed by atoms with van der Waals surface area (Å²) < 4.78 is 13.4. The molecule has 0 unspecified atom stereocenters. The van der Waals surface area contributed by atoms with Crippen LogP contribution in [0.3, 0.4) is 0 Å². The fourth-order valence-corrected chi connectivity index (χ4v) is 1.56. The summed E-state index contributed by atoms with van der Waals surface area (Å²) >= 11 is 0. The quantitative estimate of drug-likeness (QED) is 0.714. The van der Waals surface area contributed by atoms with Crippen molar-refractivity contribution >= 4 is 5.57 Å². The number of halogens is 1. The van der Waals surface area contributed by atoms with Crippen LogP contribution in [0, 0.1) is 5.82 Å². The van der Waals surface area contributed by atoms with Gasteiger partial charge in [-0.15, -0.1) is 0 Å². The summed E-state index contributed by atoms with van der Waals surface area (Å²) in [5.41, 5.74) is 12.0. The molecule has 0 bridgehead atoms. The van der Waals surface area contributed by atoms with Crippen LogP contribution in [0.2, 0.25) is 0 Å². The van der Waals surface area contributed by atoms with Crippen LogP contribution in [-0.4, -0.2) is 5.66 Å². The Kier molecular flexibility index (Phi) is 3.62. The van der Waals surface area contributed by atoms with Crippen LogP contribution in [0.5, 0.6) is 0 Å². The molecule has 0 heterocycles. The van der Waals surface area contributed by atoms with E-state index in [1.165, 1.54) is 6.07 Å². The fraction of sp³-hybridized carbons (Fsp3) is 0.231. The van der Waals surface area contributed by atoms with Crippen LogP contribution < -0.4 is 11.5 Å². The molecule has 2 rings (SSSR count). The Morgan fingerprint density at radius 2 is 1.88 bits per heavy atom. The van der Waals surface area contributed by atoms with E-state index in [1.807, 2.05) is 6.08 Å². The van der Waals surface area contributed by atoms with Gasteiger partial charge in [-0.25, -0.2) is 4.39 Å². The van der Waals surface area contributed by atoms with E-state index in [0.29, 0.717) is 12.0 Å².